The lowest BCUT2D eigenvalue weighted by molar-refractivity contribution is -0.129. The number of carbonyl (C=O) groups excluding carboxylic acids is 1. The van der Waals surface area contributed by atoms with Crippen molar-refractivity contribution in [3.05, 3.63) is 59.7 Å². The summed E-state index contributed by atoms with van der Waals surface area (Å²) in [4.78, 5) is 15.0. The number of carbonyl (C=O) groups is 1. The number of nitrogens with zero attached hydrogens (tertiary/aromatic N) is 3. The highest BCUT2D eigenvalue weighted by Gasteiger charge is 2.30. The first-order valence-corrected chi connectivity index (χ1v) is 13.0. The van der Waals surface area contributed by atoms with Gasteiger partial charge in [0.05, 0.1) is 25.0 Å². The number of benzene rings is 2. The summed E-state index contributed by atoms with van der Waals surface area (Å²) >= 11 is 2.93. The van der Waals surface area contributed by atoms with Crippen molar-refractivity contribution in [1.29, 1.82) is 0 Å². The maximum Gasteiger partial charge on any atom is 0.233 e. The first-order valence-electron chi connectivity index (χ1n) is 11.2. The van der Waals surface area contributed by atoms with Crippen LogP contribution in [0.15, 0.2) is 52.9 Å². The molecule has 1 fully saturated rings. The molecule has 1 atom stereocenters. The van der Waals surface area contributed by atoms with Crippen LogP contribution >= 0.6 is 23.1 Å². The summed E-state index contributed by atoms with van der Waals surface area (Å²) in [6.45, 7) is 2.81. The third-order valence-corrected chi connectivity index (χ3v) is 7.74. The summed E-state index contributed by atoms with van der Waals surface area (Å²) in [5, 5.41) is 12.5. The first-order chi connectivity index (χ1) is 16.3. The van der Waals surface area contributed by atoms with Crippen molar-refractivity contribution in [2.45, 2.75) is 36.2 Å². The molecule has 2 aliphatic rings. The van der Waals surface area contributed by atoms with Gasteiger partial charge < -0.3 is 19.7 Å². The van der Waals surface area contributed by atoms with E-state index in [1.54, 1.807) is 0 Å². The largest absolute Gasteiger partial charge is 0.490 e. The number of likely N-dealkylation sites (tertiary alicyclic amines) is 1. The number of aromatic nitrogens is 2. The number of anilines is 1. The van der Waals surface area contributed by atoms with Gasteiger partial charge in [0.15, 0.2) is 15.8 Å². The van der Waals surface area contributed by atoms with Crippen LogP contribution in [0.3, 0.4) is 0 Å². The Morgan fingerprint density at radius 1 is 1.09 bits per heavy atom. The monoisotopic (exact) mass is 482 g/mol. The number of amides is 1. The molecule has 3 aromatic rings. The predicted octanol–water partition coefficient (Wildman–Crippen LogP) is 4.77. The second kappa shape index (κ2) is 10.4. The number of ether oxygens (including phenoxy) is 2. The van der Waals surface area contributed by atoms with E-state index in [9.17, 15) is 4.79 Å². The zero-order chi connectivity index (χ0) is 22.5. The molecule has 0 saturated carbocycles. The van der Waals surface area contributed by atoms with Crippen molar-refractivity contribution in [3.63, 3.8) is 0 Å². The Kier molecular flexibility index (Phi) is 6.97. The van der Waals surface area contributed by atoms with Gasteiger partial charge in [-0.15, -0.1) is 10.2 Å². The molecule has 0 bridgehead atoms. The second-order valence-electron chi connectivity index (χ2n) is 8.00. The molecule has 1 saturated heterocycles. The Hall–Kier alpha value is -2.78. The van der Waals surface area contributed by atoms with Crippen LogP contribution in [-0.4, -0.2) is 46.5 Å². The Labute approximate surface area is 201 Å². The lowest BCUT2D eigenvalue weighted by Crippen LogP contribution is -2.32. The van der Waals surface area contributed by atoms with Crippen molar-refractivity contribution >= 4 is 34.1 Å². The minimum atomic E-state index is 0.0766. The van der Waals surface area contributed by atoms with E-state index in [0.717, 1.165) is 52.3 Å². The lowest BCUT2D eigenvalue weighted by atomic mass is 10.0. The van der Waals surface area contributed by atoms with Crippen LogP contribution < -0.4 is 14.8 Å². The molecule has 0 radical (unpaired) electrons. The predicted molar refractivity (Wildman–Crippen MR) is 130 cm³/mol. The molecule has 172 valence electrons. The maximum atomic E-state index is 13.1. The van der Waals surface area contributed by atoms with Gasteiger partial charge in [-0.3, -0.25) is 4.79 Å². The molecule has 2 aromatic carbocycles. The highest BCUT2D eigenvalue weighted by atomic mass is 32.2. The molecule has 1 N–H and O–H groups in total. The molecule has 2 aliphatic heterocycles. The summed E-state index contributed by atoms with van der Waals surface area (Å²) in [5.41, 5.74) is 2.30. The lowest BCUT2D eigenvalue weighted by Gasteiger charge is -2.25. The molecular formula is C24H26N4O3S2. The average molecular weight is 483 g/mol. The van der Waals surface area contributed by atoms with Crippen molar-refractivity contribution in [1.82, 2.24) is 15.1 Å². The highest BCUT2D eigenvalue weighted by molar-refractivity contribution is 8.01. The van der Waals surface area contributed by atoms with E-state index in [1.165, 1.54) is 28.7 Å². The molecule has 7 nitrogen and oxygen atoms in total. The third-order valence-electron chi connectivity index (χ3n) is 5.74. The number of hydrogen-bond acceptors (Lipinski definition) is 8. The van der Waals surface area contributed by atoms with Gasteiger partial charge in [0.2, 0.25) is 11.0 Å². The maximum absolute atomic E-state index is 13.1. The minimum absolute atomic E-state index is 0.0766. The SMILES string of the molecule is O=C(CSc1nnc(NCc2ccccc2)s1)N1CCC[C@H]1c1ccc2c(c1)OCCCO2. The zero-order valence-corrected chi connectivity index (χ0v) is 19.9. The standard InChI is InChI=1S/C24H26N4O3S2/c29-22(16-32-24-27-26-23(33-24)25-15-17-6-2-1-3-7-17)28-11-4-8-19(28)18-9-10-20-21(14-18)31-13-5-12-30-20/h1-3,6-7,9-10,14,19H,4-5,8,11-13,15-16H2,(H,25,26)/t19-/m0/s1. The molecule has 0 unspecified atom stereocenters. The van der Waals surface area contributed by atoms with E-state index >= 15 is 0 Å². The van der Waals surface area contributed by atoms with Gasteiger partial charge in [0.25, 0.3) is 0 Å². The zero-order valence-electron chi connectivity index (χ0n) is 18.2. The van der Waals surface area contributed by atoms with E-state index in [0.29, 0.717) is 25.5 Å². The van der Waals surface area contributed by atoms with Crippen LogP contribution in [-0.2, 0) is 11.3 Å². The van der Waals surface area contributed by atoms with E-state index in [4.69, 9.17) is 9.47 Å². The molecule has 33 heavy (non-hydrogen) atoms. The van der Waals surface area contributed by atoms with Gasteiger partial charge in [-0.05, 0) is 36.1 Å². The summed E-state index contributed by atoms with van der Waals surface area (Å²) in [5.74, 6) is 2.05. The Morgan fingerprint density at radius 2 is 1.94 bits per heavy atom. The normalized spacial score (nSPS) is 17.6. The fourth-order valence-corrected chi connectivity index (χ4v) is 5.75. The van der Waals surface area contributed by atoms with Crippen LogP contribution in [0.25, 0.3) is 0 Å². The van der Waals surface area contributed by atoms with E-state index in [2.05, 4.69) is 33.7 Å². The van der Waals surface area contributed by atoms with E-state index < -0.39 is 0 Å². The van der Waals surface area contributed by atoms with Crippen molar-refractivity contribution in [3.8, 4) is 11.5 Å². The Bertz CT molecular complexity index is 1090. The van der Waals surface area contributed by atoms with Crippen LogP contribution in [0.4, 0.5) is 5.13 Å². The Balaban J connectivity index is 1.17. The van der Waals surface area contributed by atoms with Crippen molar-refractivity contribution in [2.24, 2.45) is 0 Å². The number of thioether (sulfide) groups is 1. The number of fused-ring (bicyclic) bond motifs is 1. The summed E-state index contributed by atoms with van der Waals surface area (Å²) in [6, 6.07) is 16.3. The van der Waals surface area contributed by atoms with Gasteiger partial charge in [-0.2, -0.15) is 0 Å². The first kappa shape index (κ1) is 22.0. The molecular weight excluding hydrogens is 456 g/mol. The molecule has 0 aliphatic carbocycles. The van der Waals surface area contributed by atoms with Gasteiger partial charge in [-0.25, -0.2) is 0 Å². The average Bonchev–Trinajstić information content (AvgIpc) is 3.46. The molecule has 5 rings (SSSR count). The van der Waals surface area contributed by atoms with E-state index in [1.807, 2.05) is 35.2 Å². The number of rotatable bonds is 7. The topological polar surface area (TPSA) is 76.6 Å². The summed E-state index contributed by atoms with van der Waals surface area (Å²) in [7, 11) is 0. The Morgan fingerprint density at radius 3 is 2.82 bits per heavy atom. The molecule has 3 heterocycles. The minimum Gasteiger partial charge on any atom is -0.490 e. The van der Waals surface area contributed by atoms with E-state index in [-0.39, 0.29) is 11.9 Å². The van der Waals surface area contributed by atoms with Gasteiger partial charge in [0, 0.05) is 19.5 Å². The quantitative estimate of drug-likeness (QED) is 0.486. The number of nitrogens with one attached hydrogen (secondary N) is 1. The molecule has 9 heteroatoms. The second-order valence-corrected chi connectivity index (χ2v) is 10.2. The van der Waals surface area contributed by atoms with Crippen LogP contribution in [0, 0.1) is 0 Å². The molecule has 1 aromatic heterocycles. The fourth-order valence-electron chi connectivity index (χ4n) is 4.12. The highest BCUT2D eigenvalue weighted by Crippen LogP contribution is 2.38. The fraction of sp³-hybridized carbons (Fsp3) is 0.375. The molecule has 1 amide bonds. The third kappa shape index (κ3) is 5.42. The van der Waals surface area contributed by atoms with Gasteiger partial charge >= 0.3 is 0 Å². The number of hydrogen-bond donors (Lipinski definition) is 1. The van der Waals surface area contributed by atoms with Gasteiger partial charge in [-0.1, -0.05) is 59.5 Å². The van der Waals surface area contributed by atoms with Crippen molar-refractivity contribution in [2.75, 3.05) is 30.8 Å². The summed E-state index contributed by atoms with van der Waals surface area (Å²) < 4.78 is 12.4. The summed E-state index contributed by atoms with van der Waals surface area (Å²) in [6.07, 6.45) is 2.84. The van der Waals surface area contributed by atoms with Crippen molar-refractivity contribution < 1.29 is 14.3 Å². The van der Waals surface area contributed by atoms with Crippen LogP contribution in [0.1, 0.15) is 36.4 Å². The van der Waals surface area contributed by atoms with Crippen LogP contribution in [0.2, 0.25) is 0 Å². The molecule has 0 spiro atoms. The van der Waals surface area contributed by atoms with Crippen LogP contribution in [0.5, 0.6) is 11.5 Å². The van der Waals surface area contributed by atoms with Gasteiger partial charge in [0.1, 0.15) is 0 Å². The smallest absolute Gasteiger partial charge is 0.233 e.